The van der Waals surface area contributed by atoms with E-state index in [1.54, 1.807) is 11.3 Å². The maximum absolute atomic E-state index is 12.8. The number of rotatable bonds is 5. The largest absolute Gasteiger partial charge is 0.348 e. The van der Waals surface area contributed by atoms with Crippen molar-refractivity contribution in [2.75, 3.05) is 24.6 Å². The number of hydrogen-bond donors (Lipinski definition) is 1. The molecular weight excluding hydrogens is 326 g/mol. The number of thiazole rings is 1. The van der Waals surface area contributed by atoms with Crippen molar-refractivity contribution in [3.8, 4) is 0 Å². The SMILES string of the molecule is Cc1csc(CNC(=O)[C@@H](c2ccccc2)N2CCSCC2)n1. The van der Waals surface area contributed by atoms with Crippen molar-refractivity contribution in [1.29, 1.82) is 0 Å². The smallest absolute Gasteiger partial charge is 0.242 e. The Hall–Kier alpha value is -1.37. The summed E-state index contributed by atoms with van der Waals surface area (Å²) in [6, 6.07) is 9.86. The molecule has 0 spiro atoms. The quantitative estimate of drug-likeness (QED) is 0.903. The Morgan fingerprint density at radius 1 is 1.30 bits per heavy atom. The van der Waals surface area contributed by atoms with E-state index in [0.717, 1.165) is 40.9 Å². The van der Waals surface area contributed by atoms with Gasteiger partial charge in [0.05, 0.1) is 6.54 Å². The molecule has 122 valence electrons. The lowest BCUT2D eigenvalue weighted by atomic mass is 10.0. The normalized spacial score (nSPS) is 16.9. The molecule has 1 aromatic heterocycles. The average molecular weight is 348 g/mol. The van der Waals surface area contributed by atoms with E-state index < -0.39 is 0 Å². The molecule has 1 aliphatic rings. The van der Waals surface area contributed by atoms with E-state index in [1.165, 1.54) is 0 Å². The van der Waals surface area contributed by atoms with Crippen LogP contribution in [-0.4, -0.2) is 40.4 Å². The van der Waals surface area contributed by atoms with Crippen molar-refractivity contribution >= 4 is 29.0 Å². The lowest BCUT2D eigenvalue weighted by Gasteiger charge is -2.33. The van der Waals surface area contributed by atoms with E-state index in [9.17, 15) is 4.79 Å². The number of aryl methyl sites for hydroxylation is 1. The first-order chi connectivity index (χ1) is 11.2. The van der Waals surface area contributed by atoms with Crippen LogP contribution < -0.4 is 5.32 Å². The third-order valence-corrected chi connectivity index (χ3v) is 5.76. The van der Waals surface area contributed by atoms with E-state index in [-0.39, 0.29) is 11.9 Å². The Bertz CT molecular complexity index is 638. The highest BCUT2D eigenvalue weighted by molar-refractivity contribution is 7.99. The molecule has 23 heavy (non-hydrogen) atoms. The summed E-state index contributed by atoms with van der Waals surface area (Å²) in [5.41, 5.74) is 2.07. The van der Waals surface area contributed by atoms with Crippen LogP contribution in [0.15, 0.2) is 35.7 Å². The standard InChI is InChI=1S/C17H21N3OS2/c1-13-12-23-15(19-13)11-18-17(21)16(14-5-3-2-4-6-14)20-7-9-22-10-8-20/h2-6,12,16H,7-11H2,1H3,(H,18,21)/t16-/m1/s1. The number of hydrogen-bond acceptors (Lipinski definition) is 5. The molecule has 1 atom stereocenters. The summed E-state index contributed by atoms with van der Waals surface area (Å²) in [5, 5.41) is 6.04. The van der Waals surface area contributed by atoms with Crippen molar-refractivity contribution in [3.63, 3.8) is 0 Å². The lowest BCUT2D eigenvalue weighted by Crippen LogP contribution is -2.44. The average Bonchev–Trinajstić information content (AvgIpc) is 3.01. The fourth-order valence-corrected chi connectivity index (χ4v) is 4.39. The van der Waals surface area contributed by atoms with Crippen LogP contribution in [0.4, 0.5) is 0 Å². The molecule has 4 nitrogen and oxygen atoms in total. The topological polar surface area (TPSA) is 45.2 Å². The molecule has 1 aliphatic heterocycles. The highest BCUT2D eigenvalue weighted by atomic mass is 32.2. The first kappa shape index (κ1) is 16.5. The molecule has 0 unspecified atom stereocenters. The van der Waals surface area contributed by atoms with E-state index in [0.29, 0.717) is 6.54 Å². The second-order valence-electron chi connectivity index (χ2n) is 5.56. The van der Waals surface area contributed by atoms with Crippen LogP contribution in [0.2, 0.25) is 0 Å². The lowest BCUT2D eigenvalue weighted by molar-refractivity contribution is -0.126. The number of thioether (sulfide) groups is 1. The van der Waals surface area contributed by atoms with Crippen LogP contribution in [-0.2, 0) is 11.3 Å². The number of nitrogens with zero attached hydrogens (tertiary/aromatic N) is 2. The van der Waals surface area contributed by atoms with Crippen molar-refractivity contribution < 1.29 is 4.79 Å². The summed E-state index contributed by atoms with van der Waals surface area (Å²) < 4.78 is 0. The third-order valence-electron chi connectivity index (χ3n) is 3.85. The van der Waals surface area contributed by atoms with Crippen LogP contribution in [0.5, 0.6) is 0 Å². The minimum Gasteiger partial charge on any atom is -0.348 e. The number of carbonyl (C=O) groups is 1. The predicted octanol–water partition coefficient (Wildman–Crippen LogP) is 2.86. The summed E-state index contributed by atoms with van der Waals surface area (Å²) >= 11 is 3.55. The highest BCUT2D eigenvalue weighted by Gasteiger charge is 2.28. The molecule has 2 aromatic rings. The third kappa shape index (κ3) is 4.34. The zero-order valence-electron chi connectivity index (χ0n) is 13.2. The number of benzene rings is 1. The fourth-order valence-electron chi connectivity index (χ4n) is 2.74. The van der Waals surface area contributed by atoms with Crippen LogP contribution in [0.3, 0.4) is 0 Å². The van der Waals surface area contributed by atoms with Gasteiger partial charge in [0.1, 0.15) is 11.0 Å². The summed E-state index contributed by atoms with van der Waals surface area (Å²) in [6.45, 7) is 4.38. The van der Waals surface area contributed by atoms with E-state index in [4.69, 9.17) is 0 Å². The number of aromatic nitrogens is 1. The summed E-state index contributed by atoms with van der Waals surface area (Å²) in [4.78, 5) is 19.5. The Kier molecular flexibility index (Phi) is 5.70. The van der Waals surface area contributed by atoms with Gasteiger partial charge in [0.2, 0.25) is 5.91 Å². The second kappa shape index (κ2) is 7.95. The van der Waals surface area contributed by atoms with Gasteiger partial charge < -0.3 is 5.32 Å². The van der Waals surface area contributed by atoms with Gasteiger partial charge in [-0.15, -0.1) is 11.3 Å². The molecule has 0 saturated carbocycles. The molecule has 1 N–H and O–H groups in total. The Morgan fingerprint density at radius 2 is 2.04 bits per heavy atom. The van der Waals surface area contributed by atoms with Crippen molar-refractivity contribution in [2.24, 2.45) is 0 Å². The summed E-state index contributed by atoms with van der Waals surface area (Å²) in [6.07, 6.45) is 0. The molecule has 3 rings (SSSR count). The maximum Gasteiger partial charge on any atom is 0.242 e. The van der Waals surface area contributed by atoms with Gasteiger partial charge in [-0.3, -0.25) is 9.69 Å². The van der Waals surface area contributed by atoms with Crippen molar-refractivity contribution in [1.82, 2.24) is 15.2 Å². The van der Waals surface area contributed by atoms with E-state index in [2.05, 4.69) is 15.2 Å². The molecule has 1 fully saturated rings. The minimum atomic E-state index is -0.210. The summed E-state index contributed by atoms with van der Waals surface area (Å²) in [5.74, 6) is 2.24. The monoisotopic (exact) mass is 347 g/mol. The van der Waals surface area contributed by atoms with Gasteiger partial charge in [0, 0.05) is 35.7 Å². The summed E-state index contributed by atoms with van der Waals surface area (Å²) in [7, 11) is 0. The van der Waals surface area contributed by atoms with Crippen LogP contribution in [0, 0.1) is 6.92 Å². The molecule has 1 saturated heterocycles. The minimum absolute atomic E-state index is 0.0657. The highest BCUT2D eigenvalue weighted by Crippen LogP contribution is 2.24. The zero-order valence-corrected chi connectivity index (χ0v) is 14.8. The van der Waals surface area contributed by atoms with E-state index in [1.807, 2.05) is 54.4 Å². The maximum atomic E-state index is 12.8. The Balaban J connectivity index is 1.72. The molecule has 2 heterocycles. The van der Waals surface area contributed by atoms with Gasteiger partial charge in [-0.2, -0.15) is 11.8 Å². The first-order valence-corrected chi connectivity index (χ1v) is 9.83. The first-order valence-electron chi connectivity index (χ1n) is 7.79. The van der Waals surface area contributed by atoms with Crippen molar-refractivity contribution in [3.05, 3.63) is 52.0 Å². The van der Waals surface area contributed by atoms with Gasteiger partial charge in [-0.05, 0) is 12.5 Å². The molecule has 6 heteroatoms. The van der Waals surface area contributed by atoms with Crippen molar-refractivity contribution in [2.45, 2.75) is 19.5 Å². The molecule has 1 aromatic carbocycles. The fraction of sp³-hybridized carbons (Fsp3) is 0.412. The van der Waals surface area contributed by atoms with Crippen LogP contribution in [0.25, 0.3) is 0 Å². The molecule has 0 bridgehead atoms. The van der Waals surface area contributed by atoms with Gasteiger partial charge in [0.25, 0.3) is 0 Å². The van der Waals surface area contributed by atoms with E-state index >= 15 is 0 Å². The number of nitrogens with one attached hydrogen (secondary N) is 1. The Morgan fingerprint density at radius 3 is 2.70 bits per heavy atom. The zero-order chi connectivity index (χ0) is 16.1. The number of amides is 1. The van der Waals surface area contributed by atoms with Gasteiger partial charge >= 0.3 is 0 Å². The van der Waals surface area contributed by atoms with Crippen LogP contribution >= 0.6 is 23.1 Å². The predicted molar refractivity (Wildman–Crippen MR) is 96.8 cm³/mol. The Labute approximate surface area is 145 Å². The molecular formula is C17H21N3OS2. The second-order valence-corrected chi connectivity index (χ2v) is 7.73. The van der Waals surface area contributed by atoms with Gasteiger partial charge in [0.15, 0.2) is 0 Å². The van der Waals surface area contributed by atoms with Gasteiger partial charge in [-0.25, -0.2) is 4.98 Å². The van der Waals surface area contributed by atoms with Crippen LogP contribution in [0.1, 0.15) is 22.3 Å². The number of carbonyl (C=O) groups excluding carboxylic acids is 1. The molecule has 0 aliphatic carbocycles. The molecule has 1 amide bonds. The van der Waals surface area contributed by atoms with Gasteiger partial charge in [-0.1, -0.05) is 30.3 Å². The molecule has 0 radical (unpaired) electrons.